The molecule has 0 aromatic rings. The molecule has 4 nitrogen and oxygen atoms in total. The van der Waals surface area contributed by atoms with E-state index >= 15 is 0 Å². The van der Waals surface area contributed by atoms with Gasteiger partial charge in [-0.3, -0.25) is 0 Å². The first-order valence-electron chi connectivity index (χ1n) is 3.64. The van der Waals surface area contributed by atoms with Gasteiger partial charge in [0.15, 0.2) is 0 Å². The molecule has 1 saturated heterocycles. The molecule has 0 atom stereocenters. The average Bonchev–Trinajstić information content (AvgIpc) is 1.85. The molecule has 0 aliphatic carbocycles. The topological polar surface area (TPSA) is 52.5 Å². The molecular weight excluding hydrogens is 146 g/mol. The Kier molecular flexibility index (Phi) is 2.49. The van der Waals surface area contributed by atoms with Crippen LogP contribution in [0.2, 0.25) is 0 Å². The van der Waals surface area contributed by atoms with E-state index in [4.69, 9.17) is 9.84 Å². The number of hydrogen-bond donors (Lipinski definition) is 1. The van der Waals surface area contributed by atoms with Crippen LogP contribution < -0.4 is 0 Å². The lowest BCUT2D eigenvalue weighted by molar-refractivity contribution is -0.885. The van der Waals surface area contributed by atoms with Crippen molar-refractivity contribution in [3.63, 3.8) is 0 Å². The molecule has 0 unspecified atom stereocenters. The van der Waals surface area contributed by atoms with Gasteiger partial charge in [0.25, 0.3) is 0 Å². The molecule has 1 aliphatic heterocycles. The molecule has 0 radical (unpaired) electrons. The molecule has 0 aromatic carbocycles. The Morgan fingerprint density at radius 3 is 2.55 bits per heavy atom. The standard InChI is InChI=1S/C7H13NO3/c1-7(9)6-8(10)2-4-11-5-3-8/h9H,1-6H2. The molecule has 1 heterocycles. The highest BCUT2D eigenvalue weighted by Gasteiger charge is 2.21. The first kappa shape index (κ1) is 8.52. The molecular formula is C7H13NO3. The summed E-state index contributed by atoms with van der Waals surface area (Å²) in [6.07, 6.45) is 0. The monoisotopic (exact) mass is 159 g/mol. The van der Waals surface area contributed by atoms with Crippen molar-refractivity contribution in [2.45, 2.75) is 0 Å². The Bertz CT molecular complexity index is 152. The van der Waals surface area contributed by atoms with E-state index < -0.39 is 4.65 Å². The Labute approximate surface area is 65.9 Å². The zero-order valence-corrected chi connectivity index (χ0v) is 6.45. The molecule has 1 rings (SSSR count). The van der Waals surface area contributed by atoms with Gasteiger partial charge in [0.1, 0.15) is 25.4 Å². The smallest absolute Gasteiger partial charge is 0.140 e. The lowest BCUT2D eigenvalue weighted by Crippen LogP contribution is -2.51. The lowest BCUT2D eigenvalue weighted by atomic mass is 10.4. The number of hydrogen-bond acceptors (Lipinski definition) is 3. The minimum Gasteiger partial charge on any atom is -0.632 e. The van der Waals surface area contributed by atoms with E-state index in [0.29, 0.717) is 26.3 Å². The zero-order chi connectivity index (χ0) is 8.32. The van der Waals surface area contributed by atoms with Gasteiger partial charge < -0.3 is 19.7 Å². The molecule has 64 valence electrons. The third-order valence-electron chi connectivity index (χ3n) is 1.76. The molecule has 1 N–H and O–H groups in total. The van der Waals surface area contributed by atoms with Gasteiger partial charge in [-0.25, -0.2) is 0 Å². The Hall–Kier alpha value is -0.580. The van der Waals surface area contributed by atoms with Crippen molar-refractivity contribution >= 4 is 0 Å². The van der Waals surface area contributed by atoms with E-state index in [1.807, 2.05) is 0 Å². The average molecular weight is 159 g/mol. The van der Waals surface area contributed by atoms with Gasteiger partial charge >= 0.3 is 0 Å². The number of ether oxygens (including phenoxy) is 1. The quantitative estimate of drug-likeness (QED) is 0.360. The Morgan fingerprint density at radius 2 is 2.09 bits per heavy atom. The number of rotatable bonds is 2. The van der Waals surface area contributed by atoms with Gasteiger partial charge in [0.05, 0.1) is 13.2 Å². The minimum atomic E-state index is -0.394. The normalized spacial score (nSPS) is 23.0. The van der Waals surface area contributed by atoms with Crippen molar-refractivity contribution in [2.24, 2.45) is 0 Å². The third-order valence-corrected chi connectivity index (χ3v) is 1.76. The first-order chi connectivity index (χ1) is 5.12. The summed E-state index contributed by atoms with van der Waals surface area (Å²) in [5.74, 6) is -0.0399. The van der Waals surface area contributed by atoms with Crippen molar-refractivity contribution in [1.29, 1.82) is 0 Å². The third kappa shape index (κ3) is 2.49. The summed E-state index contributed by atoms with van der Waals surface area (Å²) >= 11 is 0. The van der Waals surface area contributed by atoms with Gasteiger partial charge in [-0.1, -0.05) is 6.58 Å². The molecule has 1 fully saturated rings. The fourth-order valence-corrected chi connectivity index (χ4v) is 1.17. The van der Waals surface area contributed by atoms with Crippen LogP contribution in [-0.2, 0) is 4.74 Å². The van der Waals surface area contributed by atoms with Gasteiger partial charge in [0, 0.05) is 0 Å². The maximum atomic E-state index is 11.6. The van der Waals surface area contributed by atoms with Crippen molar-refractivity contribution in [3.8, 4) is 0 Å². The van der Waals surface area contributed by atoms with Crippen LogP contribution in [0, 0.1) is 5.21 Å². The van der Waals surface area contributed by atoms with Crippen LogP contribution in [0.15, 0.2) is 12.3 Å². The van der Waals surface area contributed by atoms with Gasteiger partial charge in [-0.2, -0.15) is 0 Å². The summed E-state index contributed by atoms with van der Waals surface area (Å²) in [7, 11) is 0. The van der Waals surface area contributed by atoms with Crippen LogP contribution in [0.3, 0.4) is 0 Å². The summed E-state index contributed by atoms with van der Waals surface area (Å²) < 4.78 is 4.63. The molecule has 0 amide bonds. The van der Waals surface area contributed by atoms with E-state index in [9.17, 15) is 5.21 Å². The Balaban J connectivity index is 2.43. The second-order valence-electron chi connectivity index (χ2n) is 2.84. The summed E-state index contributed by atoms with van der Waals surface area (Å²) in [5, 5.41) is 20.4. The van der Waals surface area contributed by atoms with E-state index in [0.717, 1.165) is 0 Å². The number of quaternary nitrogens is 1. The van der Waals surface area contributed by atoms with Crippen molar-refractivity contribution in [3.05, 3.63) is 17.5 Å². The molecule has 0 aromatic heterocycles. The minimum absolute atomic E-state index is 0.0399. The van der Waals surface area contributed by atoms with Crippen LogP contribution in [-0.4, -0.2) is 42.6 Å². The maximum absolute atomic E-state index is 11.6. The second-order valence-corrected chi connectivity index (χ2v) is 2.84. The zero-order valence-electron chi connectivity index (χ0n) is 6.45. The van der Waals surface area contributed by atoms with Crippen LogP contribution in [0.25, 0.3) is 0 Å². The predicted octanol–water partition coefficient (Wildman–Crippen LogP) is 0.403. The fraction of sp³-hybridized carbons (Fsp3) is 0.714. The molecule has 0 spiro atoms. The first-order valence-corrected chi connectivity index (χ1v) is 3.64. The number of aliphatic hydroxyl groups is 1. The molecule has 1 aliphatic rings. The summed E-state index contributed by atoms with van der Waals surface area (Å²) in [6.45, 7) is 5.19. The highest BCUT2D eigenvalue weighted by molar-refractivity contribution is 4.79. The van der Waals surface area contributed by atoms with Crippen molar-refractivity contribution in [2.75, 3.05) is 32.8 Å². The van der Waals surface area contributed by atoms with Crippen LogP contribution in [0.4, 0.5) is 0 Å². The SMILES string of the molecule is C=C(O)C[N+]1([O-])CCOCC1. The molecule has 4 heteroatoms. The number of aliphatic hydroxyl groups excluding tert-OH is 1. The fourth-order valence-electron chi connectivity index (χ4n) is 1.17. The van der Waals surface area contributed by atoms with E-state index in [1.54, 1.807) is 0 Å². The summed E-state index contributed by atoms with van der Waals surface area (Å²) in [4.78, 5) is 0. The molecule has 0 bridgehead atoms. The number of hydroxylamine groups is 3. The molecule has 11 heavy (non-hydrogen) atoms. The molecule has 0 saturated carbocycles. The highest BCUT2D eigenvalue weighted by atomic mass is 16.6. The maximum Gasteiger partial charge on any atom is 0.140 e. The van der Waals surface area contributed by atoms with E-state index in [-0.39, 0.29) is 12.3 Å². The van der Waals surface area contributed by atoms with E-state index in [1.165, 1.54) is 0 Å². The second kappa shape index (κ2) is 3.21. The summed E-state index contributed by atoms with van der Waals surface area (Å²) in [6, 6.07) is 0. The number of nitrogens with zero attached hydrogens (tertiary/aromatic N) is 1. The highest BCUT2D eigenvalue weighted by Crippen LogP contribution is 2.10. The summed E-state index contributed by atoms with van der Waals surface area (Å²) in [5.41, 5.74) is 0. The number of morpholine rings is 1. The van der Waals surface area contributed by atoms with Crippen molar-refractivity contribution < 1.29 is 14.5 Å². The van der Waals surface area contributed by atoms with Crippen molar-refractivity contribution in [1.82, 2.24) is 0 Å². The lowest BCUT2D eigenvalue weighted by Gasteiger charge is -2.44. The van der Waals surface area contributed by atoms with Gasteiger partial charge in [-0.15, -0.1) is 0 Å². The largest absolute Gasteiger partial charge is 0.632 e. The Morgan fingerprint density at radius 1 is 1.55 bits per heavy atom. The van der Waals surface area contributed by atoms with Gasteiger partial charge in [0.2, 0.25) is 0 Å². The van der Waals surface area contributed by atoms with Crippen LogP contribution >= 0.6 is 0 Å². The van der Waals surface area contributed by atoms with Crippen LogP contribution in [0.5, 0.6) is 0 Å². The van der Waals surface area contributed by atoms with E-state index in [2.05, 4.69) is 6.58 Å². The van der Waals surface area contributed by atoms with Gasteiger partial charge in [-0.05, 0) is 0 Å². The van der Waals surface area contributed by atoms with Crippen LogP contribution in [0.1, 0.15) is 0 Å². The predicted molar refractivity (Wildman–Crippen MR) is 40.8 cm³/mol.